The maximum atomic E-state index is 12.7. The lowest BCUT2D eigenvalue weighted by atomic mass is 9.86. The van der Waals surface area contributed by atoms with Crippen LogP contribution in [-0.4, -0.2) is 35.9 Å². The van der Waals surface area contributed by atoms with Crippen LogP contribution >= 0.6 is 0 Å². The Kier molecular flexibility index (Phi) is 4.24. The van der Waals surface area contributed by atoms with E-state index in [1.165, 1.54) is 7.11 Å². The Balaban J connectivity index is 2.10. The van der Waals surface area contributed by atoms with Crippen molar-refractivity contribution in [1.29, 1.82) is 0 Å². The quantitative estimate of drug-likeness (QED) is 0.717. The molecule has 7 nitrogen and oxygen atoms in total. The van der Waals surface area contributed by atoms with Gasteiger partial charge in [0.1, 0.15) is 6.04 Å². The zero-order valence-electron chi connectivity index (χ0n) is 13.3. The Morgan fingerprint density at radius 2 is 2.17 bits per heavy atom. The van der Waals surface area contributed by atoms with Crippen LogP contribution in [0.1, 0.15) is 29.9 Å². The molecule has 7 heteroatoms. The molecule has 0 radical (unpaired) electrons. The lowest BCUT2D eigenvalue weighted by molar-refractivity contribution is -0.145. The van der Waals surface area contributed by atoms with Crippen LogP contribution in [0, 0.1) is 0 Å². The van der Waals surface area contributed by atoms with Crippen molar-refractivity contribution in [2.45, 2.75) is 31.2 Å². The summed E-state index contributed by atoms with van der Waals surface area (Å²) >= 11 is 0. The van der Waals surface area contributed by atoms with Gasteiger partial charge in [0, 0.05) is 29.9 Å². The smallest absolute Gasteiger partial charge is 0.328 e. The molecule has 0 saturated carbocycles. The fraction of sp³-hybridized carbons (Fsp3) is 0.353. The first-order chi connectivity index (χ1) is 11.5. The number of benzene rings is 1. The van der Waals surface area contributed by atoms with Crippen molar-refractivity contribution in [1.82, 2.24) is 10.3 Å². The van der Waals surface area contributed by atoms with Crippen LogP contribution in [0.2, 0.25) is 0 Å². The molecule has 1 aromatic heterocycles. The number of ether oxygens (including phenoxy) is 1. The van der Waals surface area contributed by atoms with Gasteiger partial charge in [0.2, 0.25) is 11.8 Å². The van der Waals surface area contributed by atoms with Gasteiger partial charge in [-0.1, -0.05) is 12.1 Å². The van der Waals surface area contributed by atoms with E-state index < -0.39 is 23.8 Å². The molecule has 1 aliphatic heterocycles. The van der Waals surface area contributed by atoms with Crippen molar-refractivity contribution >= 4 is 28.7 Å². The molecule has 2 heterocycles. The highest BCUT2D eigenvalue weighted by atomic mass is 16.5. The van der Waals surface area contributed by atoms with Crippen LogP contribution < -0.4 is 11.1 Å². The Morgan fingerprint density at radius 1 is 1.38 bits per heavy atom. The summed E-state index contributed by atoms with van der Waals surface area (Å²) in [6.07, 6.45) is 2.57. The lowest BCUT2D eigenvalue weighted by Crippen LogP contribution is -2.46. The summed E-state index contributed by atoms with van der Waals surface area (Å²) in [7, 11) is 1.29. The van der Waals surface area contributed by atoms with Gasteiger partial charge in [-0.05, 0) is 23.6 Å². The first-order valence-electron chi connectivity index (χ1n) is 7.76. The van der Waals surface area contributed by atoms with Crippen LogP contribution in [-0.2, 0) is 25.5 Å². The van der Waals surface area contributed by atoms with Gasteiger partial charge in [-0.15, -0.1) is 0 Å². The fourth-order valence-electron chi connectivity index (χ4n) is 3.28. The summed E-state index contributed by atoms with van der Waals surface area (Å²) in [5, 5.41) is 3.66. The monoisotopic (exact) mass is 329 g/mol. The molecule has 0 spiro atoms. The standard InChI is InChI=1S/C17H19N3O4/c1-24-17(23)13-7-9-8-19-12-4-2-3-10(15(9)12)11(16(22)20-13)5-6-14(18)21/h2-4,8,11,13,19H,5-7H2,1H3,(H2,18,21)(H,20,22). The van der Waals surface area contributed by atoms with Gasteiger partial charge in [0.15, 0.2) is 0 Å². The van der Waals surface area contributed by atoms with E-state index in [0.717, 1.165) is 22.0 Å². The number of hydrogen-bond acceptors (Lipinski definition) is 4. The third kappa shape index (κ3) is 2.84. The average molecular weight is 329 g/mol. The van der Waals surface area contributed by atoms with Crippen molar-refractivity contribution in [3.8, 4) is 0 Å². The summed E-state index contributed by atoms with van der Waals surface area (Å²) in [6, 6.07) is 4.90. The van der Waals surface area contributed by atoms with Gasteiger partial charge in [0.05, 0.1) is 13.0 Å². The number of esters is 1. The highest BCUT2D eigenvalue weighted by Gasteiger charge is 2.32. The summed E-state index contributed by atoms with van der Waals surface area (Å²) in [6.45, 7) is 0. The minimum atomic E-state index is -0.758. The Labute approximate surface area is 138 Å². The molecule has 2 amide bonds. The second kappa shape index (κ2) is 6.35. The van der Waals surface area contributed by atoms with Gasteiger partial charge in [-0.25, -0.2) is 4.79 Å². The van der Waals surface area contributed by atoms with Gasteiger partial charge in [-0.3, -0.25) is 9.59 Å². The molecule has 24 heavy (non-hydrogen) atoms. The number of nitrogens with two attached hydrogens (primary N) is 1. The molecule has 1 aliphatic rings. The molecule has 4 N–H and O–H groups in total. The van der Waals surface area contributed by atoms with E-state index in [-0.39, 0.29) is 12.3 Å². The second-order valence-corrected chi connectivity index (χ2v) is 5.93. The number of amides is 2. The van der Waals surface area contributed by atoms with Crippen LogP contribution in [0.15, 0.2) is 24.4 Å². The van der Waals surface area contributed by atoms with E-state index >= 15 is 0 Å². The Bertz CT molecular complexity index is 811. The molecule has 2 aromatic rings. The van der Waals surface area contributed by atoms with E-state index in [4.69, 9.17) is 10.5 Å². The van der Waals surface area contributed by atoms with Crippen LogP contribution in [0.5, 0.6) is 0 Å². The van der Waals surface area contributed by atoms with E-state index in [1.807, 2.05) is 24.4 Å². The highest BCUT2D eigenvalue weighted by Crippen LogP contribution is 2.33. The Morgan fingerprint density at radius 3 is 2.88 bits per heavy atom. The van der Waals surface area contributed by atoms with Gasteiger partial charge >= 0.3 is 5.97 Å². The minimum Gasteiger partial charge on any atom is -0.467 e. The number of rotatable bonds is 4. The summed E-state index contributed by atoms with van der Waals surface area (Å²) in [5.41, 5.74) is 7.91. The second-order valence-electron chi connectivity index (χ2n) is 5.93. The average Bonchev–Trinajstić information content (AvgIpc) is 2.95. The molecule has 0 aliphatic carbocycles. The number of primary amides is 1. The number of aromatic nitrogens is 1. The molecule has 0 bridgehead atoms. The van der Waals surface area contributed by atoms with Gasteiger partial charge in [0.25, 0.3) is 0 Å². The van der Waals surface area contributed by atoms with Crippen LogP contribution in [0.25, 0.3) is 10.9 Å². The number of aromatic amines is 1. The predicted molar refractivity (Wildman–Crippen MR) is 87.1 cm³/mol. The number of nitrogens with one attached hydrogen (secondary N) is 2. The van der Waals surface area contributed by atoms with Crippen molar-refractivity contribution in [2.24, 2.45) is 5.73 Å². The fourth-order valence-corrected chi connectivity index (χ4v) is 3.28. The lowest BCUT2D eigenvalue weighted by Gasteiger charge is -2.25. The molecular formula is C17H19N3O4. The third-order valence-electron chi connectivity index (χ3n) is 4.42. The molecular weight excluding hydrogens is 310 g/mol. The minimum absolute atomic E-state index is 0.0944. The van der Waals surface area contributed by atoms with E-state index in [2.05, 4.69) is 10.3 Å². The molecule has 126 valence electrons. The largest absolute Gasteiger partial charge is 0.467 e. The molecule has 2 atom stereocenters. The van der Waals surface area contributed by atoms with Crippen LogP contribution in [0.3, 0.4) is 0 Å². The zero-order chi connectivity index (χ0) is 17.3. The first kappa shape index (κ1) is 16.0. The third-order valence-corrected chi connectivity index (χ3v) is 4.42. The van der Waals surface area contributed by atoms with E-state index in [9.17, 15) is 14.4 Å². The number of hydrogen-bond donors (Lipinski definition) is 3. The summed E-state index contributed by atoms with van der Waals surface area (Å²) in [5.74, 6) is -1.81. The Hall–Kier alpha value is -2.83. The summed E-state index contributed by atoms with van der Waals surface area (Å²) in [4.78, 5) is 39.0. The maximum absolute atomic E-state index is 12.7. The molecule has 3 rings (SSSR count). The normalized spacial score (nSPS) is 20.1. The number of carbonyl (C=O) groups excluding carboxylic acids is 3. The maximum Gasteiger partial charge on any atom is 0.328 e. The number of carbonyl (C=O) groups is 3. The predicted octanol–water partition coefficient (Wildman–Crippen LogP) is 0.731. The van der Waals surface area contributed by atoms with Crippen molar-refractivity contribution < 1.29 is 19.1 Å². The number of methoxy groups -OCH3 is 1. The molecule has 0 saturated heterocycles. The van der Waals surface area contributed by atoms with Crippen LogP contribution in [0.4, 0.5) is 0 Å². The topological polar surface area (TPSA) is 114 Å². The molecule has 2 unspecified atom stereocenters. The highest BCUT2D eigenvalue weighted by molar-refractivity contribution is 5.97. The first-order valence-corrected chi connectivity index (χ1v) is 7.76. The van der Waals surface area contributed by atoms with Gasteiger partial charge in [-0.2, -0.15) is 0 Å². The SMILES string of the molecule is COC(=O)C1Cc2c[nH]c3cccc(c23)C(CCC(N)=O)C(=O)N1. The van der Waals surface area contributed by atoms with E-state index in [0.29, 0.717) is 12.8 Å². The van der Waals surface area contributed by atoms with Crippen molar-refractivity contribution in [2.75, 3.05) is 7.11 Å². The van der Waals surface area contributed by atoms with E-state index in [1.54, 1.807) is 0 Å². The summed E-state index contributed by atoms with van der Waals surface area (Å²) < 4.78 is 4.79. The molecule has 1 aromatic carbocycles. The number of H-pyrrole nitrogens is 1. The van der Waals surface area contributed by atoms with Gasteiger partial charge < -0.3 is 20.8 Å². The van der Waals surface area contributed by atoms with Crippen molar-refractivity contribution in [3.05, 3.63) is 35.5 Å². The molecule has 0 fully saturated rings. The van der Waals surface area contributed by atoms with Crippen molar-refractivity contribution in [3.63, 3.8) is 0 Å². The zero-order valence-corrected chi connectivity index (χ0v) is 13.3.